The fraction of sp³-hybridized carbons (Fsp3) is 0.300. The molecule has 0 aromatic heterocycles. The first-order valence-electron chi connectivity index (χ1n) is 8.86. The third kappa shape index (κ3) is 6.38. The van der Waals surface area contributed by atoms with E-state index in [0.29, 0.717) is 16.5 Å². The second-order valence-electron chi connectivity index (χ2n) is 6.76. The molecule has 0 saturated heterocycles. The van der Waals surface area contributed by atoms with Crippen molar-refractivity contribution in [2.24, 2.45) is 11.7 Å². The van der Waals surface area contributed by atoms with E-state index in [0.717, 1.165) is 17.7 Å². The number of amides is 2. The van der Waals surface area contributed by atoms with Gasteiger partial charge in [0.1, 0.15) is 0 Å². The van der Waals surface area contributed by atoms with Crippen LogP contribution in [0.1, 0.15) is 36.2 Å². The molecule has 0 aliphatic heterocycles. The van der Waals surface area contributed by atoms with E-state index >= 15 is 0 Å². The Balaban J connectivity index is 2.11. The van der Waals surface area contributed by atoms with Gasteiger partial charge < -0.3 is 11.1 Å². The van der Waals surface area contributed by atoms with Crippen LogP contribution < -0.4 is 11.1 Å². The lowest BCUT2D eigenvalue weighted by Gasteiger charge is -2.09. The Morgan fingerprint density at radius 3 is 2.43 bits per heavy atom. The number of nitrogens with two attached hydrogens (primary N) is 1. The molecule has 2 aromatic carbocycles. The summed E-state index contributed by atoms with van der Waals surface area (Å²) in [4.78, 5) is 34.9. The average molecular weight is 401 g/mol. The van der Waals surface area contributed by atoms with Gasteiger partial charge in [-0.3, -0.25) is 19.7 Å². The third-order valence-corrected chi connectivity index (χ3v) is 5.06. The average Bonchev–Trinajstić information content (AvgIpc) is 2.62. The summed E-state index contributed by atoms with van der Waals surface area (Å²) in [6.07, 6.45) is 1.08. The van der Waals surface area contributed by atoms with Crippen molar-refractivity contribution in [1.82, 2.24) is 0 Å². The zero-order valence-corrected chi connectivity index (χ0v) is 16.6. The molecule has 148 valence electrons. The lowest BCUT2D eigenvalue weighted by molar-refractivity contribution is -0.387. The zero-order valence-electron chi connectivity index (χ0n) is 15.8. The standard InChI is InChI=1S/C20H23N3O4S/c1-13(2)9-10-28-18-8-5-15(12-17(18)23(26)27)20(25)22-16-6-3-14(4-7-16)11-19(21)24/h3-8,12-13H,9-11H2,1-2H3,(H2,21,24)(H,22,25). The van der Waals surface area contributed by atoms with Crippen molar-refractivity contribution in [2.45, 2.75) is 31.6 Å². The maximum Gasteiger partial charge on any atom is 0.283 e. The van der Waals surface area contributed by atoms with Gasteiger partial charge in [0.15, 0.2) is 0 Å². The molecule has 3 N–H and O–H groups in total. The summed E-state index contributed by atoms with van der Waals surface area (Å²) in [6.45, 7) is 4.20. The van der Waals surface area contributed by atoms with Gasteiger partial charge in [0.2, 0.25) is 5.91 Å². The van der Waals surface area contributed by atoms with Crippen LogP contribution in [0.4, 0.5) is 11.4 Å². The molecule has 0 unspecified atom stereocenters. The molecule has 2 rings (SSSR count). The number of rotatable bonds is 9. The molecule has 0 bridgehead atoms. The predicted octanol–water partition coefficient (Wildman–Crippen LogP) is 4.01. The van der Waals surface area contributed by atoms with Crippen LogP contribution in [0.5, 0.6) is 0 Å². The molecule has 0 atom stereocenters. The number of benzene rings is 2. The van der Waals surface area contributed by atoms with Gasteiger partial charge in [-0.05, 0) is 47.9 Å². The monoisotopic (exact) mass is 401 g/mol. The van der Waals surface area contributed by atoms with Crippen LogP contribution >= 0.6 is 11.8 Å². The van der Waals surface area contributed by atoms with Crippen LogP contribution in [-0.4, -0.2) is 22.5 Å². The highest BCUT2D eigenvalue weighted by Gasteiger charge is 2.18. The first-order valence-corrected chi connectivity index (χ1v) is 9.84. The van der Waals surface area contributed by atoms with Gasteiger partial charge in [-0.1, -0.05) is 26.0 Å². The number of thioether (sulfide) groups is 1. The summed E-state index contributed by atoms with van der Waals surface area (Å²) >= 11 is 1.42. The van der Waals surface area contributed by atoms with Gasteiger partial charge in [0.25, 0.3) is 11.6 Å². The lowest BCUT2D eigenvalue weighted by Crippen LogP contribution is -2.14. The maximum atomic E-state index is 12.5. The molecule has 0 fully saturated rings. The van der Waals surface area contributed by atoms with Crippen LogP contribution in [-0.2, 0) is 11.2 Å². The summed E-state index contributed by atoms with van der Waals surface area (Å²) in [5.74, 6) is 0.424. The van der Waals surface area contributed by atoms with Gasteiger partial charge in [0, 0.05) is 17.3 Å². The Hall–Kier alpha value is -2.87. The van der Waals surface area contributed by atoms with E-state index in [-0.39, 0.29) is 17.7 Å². The van der Waals surface area contributed by atoms with E-state index in [4.69, 9.17) is 5.73 Å². The molecule has 2 aromatic rings. The van der Waals surface area contributed by atoms with Gasteiger partial charge in [-0.15, -0.1) is 11.8 Å². The highest BCUT2D eigenvalue weighted by Crippen LogP contribution is 2.31. The van der Waals surface area contributed by atoms with Crippen molar-refractivity contribution in [2.75, 3.05) is 11.1 Å². The van der Waals surface area contributed by atoms with Gasteiger partial charge in [0.05, 0.1) is 16.2 Å². The zero-order chi connectivity index (χ0) is 20.7. The van der Waals surface area contributed by atoms with Crippen LogP contribution in [0.15, 0.2) is 47.4 Å². The lowest BCUT2D eigenvalue weighted by atomic mass is 10.1. The topological polar surface area (TPSA) is 115 Å². The molecular formula is C20H23N3O4S. The van der Waals surface area contributed by atoms with E-state index in [9.17, 15) is 19.7 Å². The molecule has 7 nitrogen and oxygen atoms in total. The highest BCUT2D eigenvalue weighted by molar-refractivity contribution is 7.99. The SMILES string of the molecule is CC(C)CCSc1ccc(C(=O)Nc2ccc(CC(N)=O)cc2)cc1[N+](=O)[O-]. The second-order valence-corrected chi connectivity index (χ2v) is 7.90. The van der Waals surface area contributed by atoms with Crippen molar-refractivity contribution in [3.63, 3.8) is 0 Å². The largest absolute Gasteiger partial charge is 0.369 e. The second kappa shape index (κ2) is 9.89. The van der Waals surface area contributed by atoms with Crippen molar-refractivity contribution in [1.29, 1.82) is 0 Å². The fourth-order valence-electron chi connectivity index (χ4n) is 2.44. The minimum atomic E-state index is -0.465. The number of carbonyl (C=O) groups excluding carboxylic acids is 2. The molecule has 0 spiro atoms. The Morgan fingerprint density at radius 2 is 1.86 bits per heavy atom. The van der Waals surface area contributed by atoms with E-state index < -0.39 is 16.7 Å². The fourth-order valence-corrected chi connectivity index (χ4v) is 3.69. The molecule has 2 amide bonds. The van der Waals surface area contributed by atoms with Crippen molar-refractivity contribution in [3.05, 3.63) is 63.7 Å². The normalized spacial score (nSPS) is 10.7. The van der Waals surface area contributed by atoms with Crippen molar-refractivity contribution < 1.29 is 14.5 Å². The van der Waals surface area contributed by atoms with E-state index in [1.807, 2.05) is 0 Å². The molecular weight excluding hydrogens is 378 g/mol. The van der Waals surface area contributed by atoms with E-state index in [1.54, 1.807) is 36.4 Å². The van der Waals surface area contributed by atoms with Gasteiger partial charge in [-0.25, -0.2) is 0 Å². The molecule has 0 heterocycles. The number of hydrogen-bond acceptors (Lipinski definition) is 5. The molecule has 0 aliphatic carbocycles. The predicted molar refractivity (Wildman–Crippen MR) is 111 cm³/mol. The number of nitro benzene ring substituents is 1. The third-order valence-electron chi connectivity index (χ3n) is 3.96. The summed E-state index contributed by atoms with van der Waals surface area (Å²) in [6, 6.07) is 11.2. The van der Waals surface area contributed by atoms with Gasteiger partial charge >= 0.3 is 0 Å². The summed E-state index contributed by atoms with van der Waals surface area (Å²) in [7, 11) is 0. The smallest absolute Gasteiger partial charge is 0.283 e. The minimum absolute atomic E-state index is 0.0711. The number of hydrogen-bond donors (Lipinski definition) is 2. The number of nitrogens with zero attached hydrogens (tertiary/aromatic N) is 1. The molecule has 0 aliphatic rings. The summed E-state index contributed by atoms with van der Waals surface area (Å²) in [5.41, 5.74) is 6.55. The Kier molecular flexibility index (Phi) is 7.57. The number of nitrogens with one attached hydrogen (secondary N) is 1. The Bertz CT molecular complexity index is 866. The van der Waals surface area contributed by atoms with E-state index in [1.165, 1.54) is 17.8 Å². The minimum Gasteiger partial charge on any atom is -0.369 e. The number of anilines is 1. The molecule has 0 saturated carbocycles. The summed E-state index contributed by atoms with van der Waals surface area (Å²) in [5, 5.41) is 14.1. The molecule has 0 radical (unpaired) electrons. The van der Waals surface area contributed by atoms with Gasteiger partial charge in [-0.2, -0.15) is 0 Å². The van der Waals surface area contributed by atoms with Crippen LogP contribution in [0.3, 0.4) is 0 Å². The van der Waals surface area contributed by atoms with E-state index in [2.05, 4.69) is 19.2 Å². The number of primary amides is 1. The highest BCUT2D eigenvalue weighted by atomic mass is 32.2. The first-order chi connectivity index (χ1) is 13.3. The van der Waals surface area contributed by atoms with Crippen molar-refractivity contribution >= 4 is 35.0 Å². The van der Waals surface area contributed by atoms with Crippen LogP contribution in [0, 0.1) is 16.0 Å². The maximum absolute atomic E-state index is 12.5. The number of carbonyl (C=O) groups is 2. The summed E-state index contributed by atoms with van der Waals surface area (Å²) < 4.78 is 0. The van der Waals surface area contributed by atoms with Crippen LogP contribution in [0.2, 0.25) is 0 Å². The molecule has 8 heteroatoms. The van der Waals surface area contributed by atoms with Crippen molar-refractivity contribution in [3.8, 4) is 0 Å². The first kappa shape index (κ1) is 21.4. The Morgan fingerprint density at radius 1 is 1.18 bits per heavy atom. The molecule has 28 heavy (non-hydrogen) atoms. The Labute approximate surface area is 167 Å². The number of nitro groups is 1. The quantitative estimate of drug-likeness (QED) is 0.374. The van der Waals surface area contributed by atoms with Crippen LogP contribution in [0.25, 0.3) is 0 Å².